The summed E-state index contributed by atoms with van der Waals surface area (Å²) in [6.45, 7) is 12.1. The molecule has 0 aromatic rings. The van der Waals surface area contributed by atoms with E-state index in [1.807, 2.05) is 0 Å². The van der Waals surface area contributed by atoms with Crippen LogP contribution in [0.3, 0.4) is 0 Å². The SMILES string of the molecule is C=C(CCC(C)C)NCC1(C)CCC1. The zero-order valence-electron chi connectivity index (χ0n) is 10.0. The van der Waals surface area contributed by atoms with E-state index < -0.39 is 0 Å². The zero-order chi connectivity index (χ0) is 10.6. The fraction of sp³-hybridized carbons (Fsp3) is 0.846. The second-order valence-electron chi connectivity index (χ2n) is 5.55. The molecule has 0 saturated heterocycles. The van der Waals surface area contributed by atoms with E-state index in [1.54, 1.807) is 0 Å². The number of nitrogens with one attached hydrogen (secondary N) is 1. The number of hydrogen-bond acceptors (Lipinski definition) is 1. The van der Waals surface area contributed by atoms with Crippen LogP contribution in [0, 0.1) is 11.3 Å². The number of hydrogen-bond donors (Lipinski definition) is 1. The normalized spacial score (nSPS) is 19.1. The molecule has 0 unspecified atom stereocenters. The molecule has 82 valence electrons. The van der Waals surface area contributed by atoms with E-state index in [9.17, 15) is 0 Å². The lowest BCUT2D eigenvalue weighted by atomic mass is 9.70. The van der Waals surface area contributed by atoms with Crippen LogP contribution in [-0.2, 0) is 0 Å². The van der Waals surface area contributed by atoms with Crippen molar-refractivity contribution >= 4 is 0 Å². The Kier molecular flexibility index (Phi) is 4.03. The van der Waals surface area contributed by atoms with Crippen LogP contribution in [-0.4, -0.2) is 6.54 Å². The van der Waals surface area contributed by atoms with Crippen LogP contribution in [0.2, 0.25) is 0 Å². The lowest BCUT2D eigenvalue weighted by Gasteiger charge is -2.39. The molecule has 0 bridgehead atoms. The Hall–Kier alpha value is -0.460. The third-order valence-electron chi connectivity index (χ3n) is 3.35. The van der Waals surface area contributed by atoms with E-state index >= 15 is 0 Å². The zero-order valence-corrected chi connectivity index (χ0v) is 10.0. The molecule has 0 aromatic carbocycles. The van der Waals surface area contributed by atoms with Crippen molar-refractivity contribution in [1.29, 1.82) is 0 Å². The molecule has 1 heteroatoms. The minimum Gasteiger partial charge on any atom is -0.388 e. The minimum atomic E-state index is 0.570. The van der Waals surface area contributed by atoms with E-state index in [0.717, 1.165) is 18.9 Å². The van der Waals surface area contributed by atoms with Gasteiger partial charge in [-0.05, 0) is 37.0 Å². The summed E-state index contributed by atoms with van der Waals surface area (Å²) < 4.78 is 0. The highest BCUT2D eigenvalue weighted by Crippen LogP contribution is 2.39. The van der Waals surface area contributed by atoms with Crippen LogP contribution < -0.4 is 5.32 Å². The third kappa shape index (κ3) is 3.73. The predicted octanol–water partition coefficient (Wildman–Crippen LogP) is 3.72. The van der Waals surface area contributed by atoms with Gasteiger partial charge < -0.3 is 5.32 Å². The van der Waals surface area contributed by atoms with E-state index in [2.05, 4.69) is 32.7 Å². The highest BCUT2D eigenvalue weighted by Gasteiger charge is 2.31. The van der Waals surface area contributed by atoms with Crippen molar-refractivity contribution < 1.29 is 0 Å². The molecule has 1 saturated carbocycles. The molecule has 14 heavy (non-hydrogen) atoms. The summed E-state index contributed by atoms with van der Waals surface area (Å²) in [5, 5.41) is 3.49. The maximum absolute atomic E-state index is 4.08. The van der Waals surface area contributed by atoms with Gasteiger partial charge in [0.1, 0.15) is 0 Å². The Labute approximate surface area is 89.0 Å². The van der Waals surface area contributed by atoms with Crippen molar-refractivity contribution in [2.75, 3.05) is 6.54 Å². The maximum atomic E-state index is 4.08. The molecule has 1 aliphatic carbocycles. The van der Waals surface area contributed by atoms with Crippen LogP contribution in [0.1, 0.15) is 52.9 Å². The molecule has 0 spiro atoms. The van der Waals surface area contributed by atoms with Gasteiger partial charge in [0.25, 0.3) is 0 Å². The summed E-state index contributed by atoms with van der Waals surface area (Å²) in [7, 11) is 0. The van der Waals surface area contributed by atoms with Gasteiger partial charge in [0.05, 0.1) is 0 Å². The van der Waals surface area contributed by atoms with Crippen molar-refractivity contribution in [2.24, 2.45) is 11.3 Å². The Balaban J connectivity index is 2.08. The Bertz CT molecular complexity index is 189. The highest BCUT2D eigenvalue weighted by molar-refractivity contribution is 4.95. The van der Waals surface area contributed by atoms with Crippen molar-refractivity contribution in [2.45, 2.75) is 52.9 Å². The predicted molar refractivity (Wildman–Crippen MR) is 63.2 cm³/mol. The van der Waals surface area contributed by atoms with Crippen LogP contribution in [0.4, 0.5) is 0 Å². The molecular formula is C13H25N. The van der Waals surface area contributed by atoms with Crippen LogP contribution >= 0.6 is 0 Å². The fourth-order valence-electron chi connectivity index (χ4n) is 1.85. The average Bonchev–Trinajstić information content (AvgIpc) is 2.08. The summed E-state index contributed by atoms with van der Waals surface area (Å²) in [5.41, 5.74) is 1.80. The van der Waals surface area contributed by atoms with Gasteiger partial charge in [-0.1, -0.05) is 33.8 Å². The van der Waals surface area contributed by atoms with E-state index in [4.69, 9.17) is 0 Å². The van der Waals surface area contributed by atoms with Crippen molar-refractivity contribution in [3.05, 3.63) is 12.3 Å². The van der Waals surface area contributed by atoms with Gasteiger partial charge in [-0.3, -0.25) is 0 Å². The second-order valence-corrected chi connectivity index (χ2v) is 5.55. The molecule has 1 fully saturated rings. The number of allylic oxidation sites excluding steroid dienone is 1. The molecule has 1 nitrogen and oxygen atoms in total. The first-order chi connectivity index (χ1) is 6.52. The summed E-state index contributed by atoms with van der Waals surface area (Å²) in [4.78, 5) is 0. The minimum absolute atomic E-state index is 0.570. The molecule has 0 amide bonds. The lowest BCUT2D eigenvalue weighted by Crippen LogP contribution is -2.36. The molecule has 0 heterocycles. The van der Waals surface area contributed by atoms with Crippen LogP contribution in [0.25, 0.3) is 0 Å². The first kappa shape index (κ1) is 11.6. The van der Waals surface area contributed by atoms with Gasteiger partial charge in [-0.25, -0.2) is 0 Å². The molecule has 0 radical (unpaired) electrons. The van der Waals surface area contributed by atoms with Crippen molar-refractivity contribution in [3.8, 4) is 0 Å². The summed E-state index contributed by atoms with van der Waals surface area (Å²) in [6.07, 6.45) is 6.57. The van der Waals surface area contributed by atoms with E-state index in [-0.39, 0.29) is 0 Å². The standard InChI is InChI=1S/C13H25N/c1-11(2)6-7-12(3)14-10-13(4)8-5-9-13/h11,14H,3,5-10H2,1-2,4H3. The van der Waals surface area contributed by atoms with Gasteiger partial charge in [-0.15, -0.1) is 0 Å². The summed E-state index contributed by atoms with van der Waals surface area (Å²) in [5.74, 6) is 0.785. The van der Waals surface area contributed by atoms with Gasteiger partial charge in [0.2, 0.25) is 0 Å². The maximum Gasteiger partial charge on any atom is 0.0197 e. The summed E-state index contributed by atoms with van der Waals surface area (Å²) >= 11 is 0. The van der Waals surface area contributed by atoms with Crippen molar-refractivity contribution in [1.82, 2.24) is 5.32 Å². The molecular weight excluding hydrogens is 170 g/mol. The Morgan fingerprint density at radius 2 is 2.07 bits per heavy atom. The largest absolute Gasteiger partial charge is 0.388 e. The summed E-state index contributed by atoms with van der Waals surface area (Å²) in [6, 6.07) is 0. The molecule has 0 aromatic heterocycles. The van der Waals surface area contributed by atoms with E-state index in [1.165, 1.54) is 31.4 Å². The van der Waals surface area contributed by atoms with Crippen LogP contribution in [0.15, 0.2) is 12.3 Å². The smallest absolute Gasteiger partial charge is 0.0197 e. The van der Waals surface area contributed by atoms with Crippen LogP contribution in [0.5, 0.6) is 0 Å². The molecule has 0 atom stereocenters. The quantitative estimate of drug-likeness (QED) is 0.681. The van der Waals surface area contributed by atoms with Gasteiger partial charge >= 0.3 is 0 Å². The Morgan fingerprint density at radius 3 is 2.50 bits per heavy atom. The van der Waals surface area contributed by atoms with Gasteiger partial charge in [0, 0.05) is 12.2 Å². The van der Waals surface area contributed by atoms with E-state index in [0.29, 0.717) is 5.41 Å². The fourth-order valence-corrected chi connectivity index (χ4v) is 1.85. The lowest BCUT2D eigenvalue weighted by molar-refractivity contribution is 0.161. The monoisotopic (exact) mass is 195 g/mol. The third-order valence-corrected chi connectivity index (χ3v) is 3.35. The van der Waals surface area contributed by atoms with Crippen molar-refractivity contribution in [3.63, 3.8) is 0 Å². The number of rotatable bonds is 6. The first-order valence-corrected chi connectivity index (χ1v) is 5.93. The topological polar surface area (TPSA) is 12.0 Å². The average molecular weight is 195 g/mol. The Morgan fingerprint density at radius 1 is 1.43 bits per heavy atom. The molecule has 1 rings (SSSR count). The molecule has 0 aliphatic heterocycles. The van der Waals surface area contributed by atoms with Gasteiger partial charge in [0.15, 0.2) is 0 Å². The molecule has 1 aliphatic rings. The first-order valence-electron chi connectivity index (χ1n) is 5.93. The molecule has 1 N–H and O–H groups in total. The highest BCUT2D eigenvalue weighted by atomic mass is 14.9. The second kappa shape index (κ2) is 4.86. The van der Waals surface area contributed by atoms with Gasteiger partial charge in [-0.2, -0.15) is 0 Å².